The molecule has 4 rings (SSSR count). The highest BCUT2D eigenvalue weighted by molar-refractivity contribution is 7.11. The summed E-state index contributed by atoms with van der Waals surface area (Å²) < 4.78 is 0. The Morgan fingerprint density at radius 2 is 1.72 bits per heavy atom. The number of aromatic nitrogens is 1. The summed E-state index contributed by atoms with van der Waals surface area (Å²) in [5.41, 5.74) is 3.53. The smallest absolute Gasteiger partial charge is 0.195 e. The lowest BCUT2D eigenvalue weighted by atomic mass is 10.0. The maximum Gasteiger partial charge on any atom is 0.195 e. The highest BCUT2D eigenvalue weighted by Crippen LogP contribution is 2.28. The Morgan fingerprint density at radius 1 is 1.00 bits per heavy atom. The van der Waals surface area contributed by atoms with Gasteiger partial charge in [-0.3, -0.25) is 4.79 Å². The molecular weight excluding hydrogens is 461 g/mol. The van der Waals surface area contributed by atoms with E-state index in [0.717, 1.165) is 11.3 Å². The van der Waals surface area contributed by atoms with Crippen molar-refractivity contribution in [3.8, 4) is 17.3 Å². The van der Waals surface area contributed by atoms with Gasteiger partial charge in [-0.25, -0.2) is 4.98 Å². The van der Waals surface area contributed by atoms with Gasteiger partial charge in [-0.05, 0) is 30.3 Å². The van der Waals surface area contributed by atoms with Crippen molar-refractivity contribution in [2.24, 2.45) is 0 Å². The van der Waals surface area contributed by atoms with Crippen molar-refractivity contribution in [3.63, 3.8) is 0 Å². The van der Waals surface area contributed by atoms with Gasteiger partial charge in [-0.1, -0.05) is 65.7 Å². The van der Waals surface area contributed by atoms with Crippen LogP contribution < -0.4 is 5.32 Å². The minimum atomic E-state index is -0.165. The Kier molecular flexibility index (Phi) is 6.67. The molecule has 0 spiro atoms. The summed E-state index contributed by atoms with van der Waals surface area (Å²) in [6.45, 7) is 0. The number of ketones is 1. The molecule has 4 nitrogen and oxygen atoms in total. The number of hydrogen-bond acceptors (Lipinski definition) is 5. The van der Waals surface area contributed by atoms with E-state index in [1.54, 1.807) is 60.8 Å². The molecule has 1 aromatic heterocycles. The van der Waals surface area contributed by atoms with Crippen LogP contribution in [0.3, 0.4) is 0 Å². The van der Waals surface area contributed by atoms with Crippen molar-refractivity contribution in [1.82, 2.24) is 4.98 Å². The van der Waals surface area contributed by atoms with E-state index < -0.39 is 0 Å². The molecular formula is C25H15Cl2N3OS. The topological polar surface area (TPSA) is 65.8 Å². The van der Waals surface area contributed by atoms with Crippen LogP contribution in [0.15, 0.2) is 84.4 Å². The molecule has 0 aliphatic rings. The average Bonchev–Trinajstić information content (AvgIpc) is 3.31. The monoisotopic (exact) mass is 475 g/mol. The van der Waals surface area contributed by atoms with Crippen LogP contribution in [0.4, 0.5) is 5.69 Å². The Bertz CT molecular complexity index is 1340. The lowest BCUT2D eigenvalue weighted by Crippen LogP contribution is -2.05. The van der Waals surface area contributed by atoms with Crippen LogP contribution >= 0.6 is 34.5 Å². The van der Waals surface area contributed by atoms with Crippen LogP contribution in [0.2, 0.25) is 10.0 Å². The summed E-state index contributed by atoms with van der Waals surface area (Å²) in [5.74, 6) is -0.165. The fourth-order valence-corrected chi connectivity index (χ4v) is 4.11. The predicted octanol–water partition coefficient (Wildman–Crippen LogP) is 7.32. The molecule has 0 amide bonds. The van der Waals surface area contributed by atoms with E-state index in [0.29, 0.717) is 37.4 Å². The second kappa shape index (κ2) is 9.80. The van der Waals surface area contributed by atoms with Crippen molar-refractivity contribution >= 4 is 51.6 Å². The molecule has 3 aromatic carbocycles. The Hall–Kier alpha value is -3.43. The first-order valence-electron chi connectivity index (χ1n) is 9.53. The van der Waals surface area contributed by atoms with Crippen molar-refractivity contribution in [2.75, 3.05) is 5.32 Å². The molecule has 0 unspecified atom stereocenters. The molecule has 0 saturated heterocycles. The van der Waals surface area contributed by atoms with E-state index in [9.17, 15) is 10.1 Å². The van der Waals surface area contributed by atoms with Gasteiger partial charge in [-0.15, -0.1) is 11.3 Å². The number of rotatable bonds is 6. The third-order valence-corrected chi connectivity index (χ3v) is 5.99. The summed E-state index contributed by atoms with van der Waals surface area (Å²) in [6.07, 6.45) is 1.55. The molecule has 0 aliphatic carbocycles. The van der Waals surface area contributed by atoms with E-state index in [1.165, 1.54) is 11.3 Å². The molecule has 4 aromatic rings. The van der Waals surface area contributed by atoms with Crippen LogP contribution in [0.25, 0.3) is 16.8 Å². The number of nitriles is 1. The molecule has 32 heavy (non-hydrogen) atoms. The van der Waals surface area contributed by atoms with Crippen molar-refractivity contribution in [1.29, 1.82) is 5.26 Å². The number of allylic oxidation sites excluding steroid dienone is 1. The Balaban J connectivity index is 1.62. The van der Waals surface area contributed by atoms with E-state index in [-0.39, 0.29) is 5.78 Å². The summed E-state index contributed by atoms with van der Waals surface area (Å²) in [4.78, 5) is 17.6. The van der Waals surface area contributed by atoms with Crippen LogP contribution in [-0.4, -0.2) is 10.8 Å². The first-order valence-corrected chi connectivity index (χ1v) is 11.2. The largest absolute Gasteiger partial charge is 0.360 e. The van der Waals surface area contributed by atoms with Crippen LogP contribution in [0, 0.1) is 11.3 Å². The standard InChI is InChI=1S/C25H15Cl2N3OS/c26-19-8-6-16(7-9-19)23-15-32-25(30-23)18(13-28)14-29-22-11-10-20(27)12-21(22)24(31)17-4-2-1-3-5-17/h1-12,14-15,29H/b18-14+. The minimum absolute atomic E-state index is 0.165. The predicted molar refractivity (Wildman–Crippen MR) is 131 cm³/mol. The molecule has 0 atom stereocenters. The average molecular weight is 476 g/mol. The van der Waals surface area contributed by atoms with Crippen LogP contribution in [0.1, 0.15) is 20.9 Å². The van der Waals surface area contributed by atoms with Gasteiger partial charge in [0.2, 0.25) is 0 Å². The zero-order valence-corrected chi connectivity index (χ0v) is 18.9. The Labute approximate surface area is 199 Å². The first kappa shape index (κ1) is 21.8. The maximum absolute atomic E-state index is 13.0. The lowest BCUT2D eigenvalue weighted by molar-refractivity contribution is 0.103. The van der Waals surface area contributed by atoms with Gasteiger partial charge in [0.15, 0.2) is 5.78 Å². The molecule has 0 saturated carbocycles. The van der Waals surface area contributed by atoms with Crippen LogP contribution in [-0.2, 0) is 0 Å². The second-order valence-corrected chi connectivity index (χ2v) is 8.47. The summed E-state index contributed by atoms with van der Waals surface area (Å²) >= 11 is 13.5. The number of carbonyl (C=O) groups excluding carboxylic acids is 1. The normalized spacial score (nSPS) is 11.1. The van der Waals surface area contributed by atoms with E-state index in [4.69, 9.17) is 23.2 Å². The maximum atomic E-state index is 13.0. The van der Waals surface area contributed by atoms with Crippen molar-refractivity contribution in [2.45, 2.75) is 0 Å². The molecule has 1 N–H and O–H groups in total. The zero-order valence-electron chi connectivity index (χ0n) is 16.5. The van der Waals surface area contributed by atoms with Crippen molar-refractivity contribution in [3.05, 3.63) is 111 Å². The van der Waals surface area contributed by atoms with Gasteiger partial charge in [0.1, 0.15) is 16.6 Å². The quantitative estimate of drug-likeness (QED) is 0.234. The molecule has 0 radical (unpaired) electrons. The zero-order chi connectivity index (χ0) is 22.5. The van der Waals surface area contributed by atoms with E-state index >= 15 is 0 Å². The number of anilines is 1. The first-order chi connectivity index (χ1) is 15.5. The highest BCUT2D eigenvalue weighted by Gasteiger charge is 2.15. The van der Waals surface area contributed by atoms with Gasteiger partial charge >= 0.3 is 0 Å². The van der Waals surface area contributed by atoms with Gasteiger partial charge in [0.25, 0.3) is 0 Å². The molecule has 156 valence electrons. The SMILES string of the molecule is N#C/C(=C\Nc1ccc(Cl)cc1C(=O)c1ccccc1)c1nc(-c2ccc(Cl)cc2)cs1. The lowest BCUT2D eigenvalue weighted by Gasteiger charge is -2.10. The Morgan fingerprint density at radius 3 is 2.44 bits per heavy atom. The van der Waals surface area contributed by atoms with Crippen LogP contribution in [0.5, 0.6) is 0 Å². The molecule has 0 aliphatic heterocycles. The molecule has 1 heterocycles. The molecule has 0 fully saturated rings. The second-order valence-electron chi connectivity index (χ2n) is 6.74. The number of carbonyl (C=O) groups is 1. The number of hydrogen-bond donors (Lipinski definition) is 1. The number of nitrogens with one attached hydrogen (secondary N) is 1. The number of benzene rings is 3. The van der Waals surface area contributed by atoms with Gasteiger partial charge < -0.3 is 5.32 Å². The molecule has 7 heteroatoms. The third-order valence-electron chi connectivity index (χ3n) is 4.63. The van der Waals surface area contributed by atoms with E-state index in [1.807, 2.05) is 23.6 Å². The van der Waals surface area contributed by atoms with Crippen molar-refractivity contribution < 1.29 is 4.79 Å². The highest BCUT2D eigenvalue weighted by atomic mass is 35.5. The third kappa shape index (κ3) is 4.90. The number of halogens is 2. The summed E-state index contributed by atoms with van der Waals surface area (Å²) in [7, 11) is 0. The minimum Gasteiger partial charge on any atom is -0.360 e. The van der Waals surface area contributed by atoms with Gasteiger partial charge in [0.05, 0.1) is 5.69 Å². The summed E-state index contributed by atoms with van der Waals surface area (Å²) in [6, 6.07) is 23.5. The van der Waals surface area contributed by atoms with E-state index in [2.05, 4.69) is 16.4 Å². The summed E-state index contributed by atoms with van der Waals surface area (Å²) in [5, 5.41) is 16.3. The van der Waals surface area contributed by atoms with Gasteiger partial charge in [-0.2, -0.15) is 5.26 Å². The fraction of sp³-hybridized carbons (Fsp3) is 0. The number of nitrogens with zero attached hydrogens (tertiary/aromatic N) is 2. The molecule has 0 bridgehead atoms. The number of thiazole rings is 1. The fourth-order valence-electron chi connectivity index (χ4n) is 3.02. The van der Waals surface area contributed by atoms with Gasteiger partial charge in [0, 0.05) is 44.0 Å².